The Morgan fingerprint density at radius 2 is 1.97 bits per heavy atom. The summed E-state index contributed by atoms with van der Waals surface area (Å²) in [4.78, 5) is 15.5. The third kappa shape index (κ3) is 4.01. The second-order valence-electron chi connectivity index (χ2n) is 8.75. The standard InChI is InChI=1S/C24H32N4O/c1-18-22(19(2)28(26-18)21-11-6-4-7-12-21)25-23(29)20(3)27-16-10-15-24(17-27)13-8-5-9-14-24/h4-8,11-12,20H,9-10,13-17H2,1-3H3,(H,25,29)/t20-,24+/m1/s1. The lowest BCUT2D eigenvalue weighted by Gasteiger charge is -2.45. The first-order chi connectivity index (χ1) is 14.0. The maximum absolute atomic E-state index is 13.1. The molecule has 5 nitrogen and oxygen atoms in total. The summed E-state index contributed by atoms with van der Waals surface area (Å²) < 4.78 is 1.90. The molecule has 1 N–H and O–H groups in total. The molecule has 1 amide bonds. The summed E-state index contributed by atoms with van der Waals surface area (Å²) >= 11 is 0. The van der Waals surface area contributed by atoms with E-state index in [1.165, 1.54) is 25.7 Å². The zero-order chi connectivity index (χ0) is 20.4. The Morgan fingerprint density at radius 3 is 2.69 bits per heavy atom. The highest BCUT2D eigenvalue weighted by Gasteiger charge is 2.38. The van der Waals surface area contributed by atoms with Gasteiger partial charge in [-0.1, -0.05) is 30.4 Å². The molecule has 0 bridgehead atoms. The van der Waals surface area contributed by atoms with Crippen molar-refractivity contribution in [2.75, 3.05) is 18.4 Å². The first-order valence-electron chi connectivity index (χ1n) is 10.8. The molecule has 2 aliphatic rings. The number of anilines is 1. The van der Waals surface area contributed by atoms with Crippen molar-refractivity contribution in [3.05, 3.63) is 53.9 Å². The fraction of sp³-hybridized carbons (Fsp3) is 0.500. The molecular formula is C24H32N4O. The number of rotatable bonds is 4. The predicted molar refractivity (Wildman–Crippen MR) is 117 cm³/mol. The molecule has 2 atom stereocenters. The van der Waals surface area contributed by atoms with Crippen LogP contribution in [0.25, 0.3) is 5.69 Å². The van der Waals surface area contributed by atoms with Crippen LogP contribution in [0.3, 0.4) is 0 Å². The number of aryl methyl sites for hydroxylation is 1. The summed E-state index contributed by atoms with van der Waals surface area (Å²) in [7, 11) is 0. The summed E-state index contributed by atoms with van der Waals surface area (Å²) in [6, 6.07) is 9.90. The first-order valence-corrected chi connectivity index (χ1v) is 10.8. The van der Waals surface area contributed by atoms with Gasteiger partial charge in [-0.15, -0.1) is 0 Å². The van der Waals surface area contributed by atoms with Crippen molar-refractivity contribution in [3.8, 4) is 5.69 Å². The highest BCUT2D eigenvalue weighted by Crippen LogP contribution is 2.41. The molecule has 2 aromatic rings. The van der Waals surface area contributed by atoms with Crippen molar-refractivity contribution in [3.63, 3.8) is 0 Å². The number of carbonyl (C=O) groups is 1. The number of para-hydroxylation sites is 1. The van der Waals surface area contributed by atoms with E-state index in [-0.39, 0.29) is 11.9 Å². The van der Waals surface area contributed by atoms with E-state index in [0.29, 0.717) is 5.41 Å². The van der Waals surface area contributed by atoms with E-state index in [2.05, 4.69) is 27.5 Å². The quantitative estimate of drug-likeness (QED) is 0.771. The third-order valence-electron chi connectivity index (χ3n) is 6.72. The van der Waals surface area contributed by atoms with Crippen LogP contribution >= 0.6 is 0 Å². The van der Waals surface area contributed by atoms with Gasteiger partial charge in [-0.2, -0.15) is 5.10 Å². The van der Waals surface area contributed by atoms with Gasteiger partial charge in [-0.25, -0.2) is 4.68 Å². The number of nitrogens with one attached hydrogen (secondary N) is 1. The number of amides is 1. The molecule has 1 aromatic carbocycles. The third-order valence-corrected chi connectivity index (χ3v) is 6.72. The van der Waals surface area contributed by atoms with Gasteiger partial charge in [-0.05, 0) is 77.0 Å². The molecule has 4 rings (SSSR count). The molecule has 29 heavy (non-hydrogen) atoms. The number of nitrogens with zero attached hydrogens (tertiary/aromatic N) is 3. The molecule has 0 saturated carbocycles. The largest absolute Gasteiger partial charge is 0.322 e. The minimum absolute atomic E-state index is 0.0622. The average Bonchev–Trinajstić information content (AvgIpc) is 3.02. The lowest BCUT2D eigenvalue weighted by molar-refractivity contribution is -0.122. The number of aromatic nitrogens is 2. The van der Waals surface area contributed by atoms with E-state index in [1.54, 1.807) is 0 Å². The Bertz CT molecular complexity index is 901. The second-order valence-corrected chi connectivity index (χ2v) is 8.75. The molecule has 1 saturated heterocycles. The molecule has 1 spiro atoms. The van der Waals surface area contributed by atoms with E-state index in [0.717, 1.165) is 42.3 Å². The summed E-state index contributed by atoms with van der Waals surface area (Å²) in [5.74, 6) is 0.0622. The van der Waals surface area contributed by atoms with Crippen molar-refractivity contribution in [2.45, 2.75) is 58.9 Å². The number of hydrogen-bond donors (Lipinski definition) is 1. The fourth-order valence-corrected chi connectivity index (χ4v) is 4.93. The summed E-state index contributed by atoms with van der Waals surface area (Å²) in [5, 5.41) is 7.83. The molecule has 1 aliphatic heterocycles. The molecule has 2 heterocycles. The van der Waals surface area contributed by atoms with Crippen LogP contribution in [-0.4, -0.2) is 39.7 Å². The highest BCUT2D eigenvalue weighted by atomic mass is 16.2. The molecule has 0 unspecified atom stereocenters. The number of hydrogen-bond acceptors (Lipinski definition) is 3. The van der Waals surface area contributed by atoms with Crippen LogP contribution < -0.4 is 5.32 Å². The fourth-order valence-electron chi connectivity index (χ4n) is 4.93. The normalized spacial score (nSPS) is 23.3. The van der Waals surface area contributed by atoms with Gasteiger partial charge in [0.2, 0.25) is 5.91 Å². The van der Waals surface area contributed by atoms with Crippen molar-refractivity contribution in [2.24, 2.45) is 5.41 Å². The van der Waals surface area contributed by atoms with E-state index >= 15 is 0 Å². The van der Waals surface area contributed by atoms with Gasteiger partial charge < -0.3 is 5.32 Å². The minimum atomic E-state index is -0.142. The Hall–Kier alpha value is -2.40. The van der Waals surface area contributed by atoms with Gasteiger partial charge in [0.05, 0.1) is 28.8 Å². The minimum Gasteiger partial charge on any atom is -0.322 e. The summed E-state index contributed by atoms with van der Waals surface area (Å²) in [6.45, 7) is 8.03. The molecule has 1 aliphatic carbocycles. The van der Waals surface area contributed by atoms with Crippen LogP contribution in [0.4, 0.5) is 5.69 Å². The number of carbonyl (C=O) groups excluding carboxylic acids is 1. The number of likely N-dealkylation sites (tertiary alicyclic amines) is 1. The average molecular weight is 393 g/mol. The maximum atomic E-state index is 13.1. The van der Waals surface area contributed by atoms with Crippen LogP contribution in [0, 0.1) is 19.3 Å². The zero-order valence-electron chi connectivity index (χ0n) is 17.8. The van der Waals surface area contributed by atoms with Crippen molar-refractivity contribution in [1.82, 2.24) is 14.7 Å². The molecule has 0 radical (unpaired) electrons. The van der Waals surface area contributed by atoms with Gasteiger partial charge in [-0.3, -0.25) is 9.69 Å². The summed E-state index contributed by atoms with van der Waals surface area (Å²) in [6.07, 6.45) is 10.7. The highest BCUT2D eigenvalue weighted by molar-refractivity contribution is 5.95. The Labute approximate surface area is 173 Å². The van der Waals surface area contributed by atoms with E-state index in [9.17, 15) is 4.79 Å². The molecule has 1 aromatic heterocycles. The molecule has 1 fully saturated rings. The van der Waals surface area contributed by atoms with Gasteiger partial charge >= 0.3 is 0 Å². The molecular weight excluding hydrogens is 360 g/mol. The Balaban J connectivity index is 1.48. The Kier molecular flexibility index (Phi) is 5.59. The Morgan fingerprint density at radius 1 is 1.17 bits per heavy atom. The van der Waals surface area contributed by atoms with Crippen LogP contribution in [-0.2, 0) is 4.79 Å². The van der Waals surface area contributed by atoms with E-state index in [1.807, 2.05) is 55.8 Å². The summed E-state index contributed by atoms with van der Waals surface area (Å²) in [5.41, 5.74) is 4.01. The van der Waals surface area contributed by atoms with Crippen LogP contribution in [0.1, 0.15) is 50.4 Å². The molecule has 154 valence electrons. The first kappa shape index (κ1) is 19.9. The van der Waals surface area contributed by atoms with Crippen molar-refractivity contribution < 1.29 is 4.79 Å². The topological polar surface area (TPSA) is 50.2 Å². The second kappa shape index (κ2) is 8.15. The maximum Gasteiger partial charge on any atom is 0.241 e. The predicted octanol–water partition coefficient (Wildman–Crippen LogP) is 4.64. The monoisotopic (exact) mass is 392 g/mol. The number of benzene rings is 1. The van der Waals surface area contributed by atoms with Crippen LogP contribution in [0.5, 0.6) is 0 Å². The van der Waals surface area contributed by atoms with Gasteiger partial charge in [0, 0.05) is 6.54 Å². The van der Waals surface area contributed by atoms with Crippen LogP contribution in [0.15, 0.2) is 42.5 Å². The van der Waals surface area contributed by atoms with Gasteiger partial charge in [0.1, 0.15) is 0 Å². The van der Waals surface area contributed by atoms with Gasteiger partial charge in [0.15, 0.2) is 0 Å². The zero-order valence-corrected chi connectivity index (χ0v) is 17.8. The molecule has 5 heteroatoms. The van der Waals surface area contributed by atoms with Crippen molar-refractivity contribution in [1.29, 1.82) is 0 Å². The number of allylic oxidation sites excluding steroid dienone is 2. The van der Waals surface area contributed by atoms with E-state index in [4.69, 9.17) is 0 Å². The lowest BCUT2D eigenvalue weighted by Crippen LogP contribution is -2.51. The number of piperidine rings is 1. The van der Waals surface area contributed by atoms with Gasteiger partial charge in [0.25, 0.3) is 0 Å². The smallest absolute Gasteiger partial charge is 0.241 e. The van der Waals surface area contributed by atoms with Crippen molar-refractivity contribution >= 4 is 11.6 Å². The van der Waals surface area contributed by atoms with E-state index < -0.39 is 0 Å². The van der Waals surface area contributed by atoms with Crippen LogP contribution in [0.2, 0.25) is 0 Å². The SMILES string of the molecule is Cc1nn(-c2ccccc2)c(C)c1NC(=O)[C@@H](C)N1CCC[C@@]2(CC=CCC2)C1. The lowest BCUT2D eigenvalue weighted by atomic mass is 9.71.